The zero-order chi connectivity index (χ0) is 19.4. The monoisotopic (exact) mass is 366 g/mol. The van der Waals surface area contributed by atoms with Crippen LogP contribution >= 0.6 is 0 Å². The molecule has 0 saturated carbocycles. The van der Waals surface area contributed by atoms with Crippen molar-refractivity contribution in [2.24, 2.45) is 0 Å². The second kappa shape index (κ2) is 8.03. The molecule has 0 bridgehead atoms. The van der Waals surface area contributed by atoms with Crippen LogP contribution in [0.4, 0.5) is 0 Å². The molecular weight excluding hydrogens is 344 g/mol. The fourth-order valence-corrected chi connectivity index (χ4v) is 3.00. The van der Waals surface area contributed by atoms with E-state index >= 15 is 0 Å². The smallest absolute Gasteiger partial charge is 0.339 e. The summed E-state index contributed by atoms with van der Waals surface area (Å²) in [5.74, 6) is 0.494. The van der Waals surface area contributed by atoms with Gasteiger partial charge in [0.05, 0.1) is 19.3 Å². The highest BCUT2D eigenvalue weighted by molar-refractivity contribution is 5.82. The number of fused-ring (bicyclic) bond motifs is 1. The minimum Gasteiger partial charge on any atom is -0.497 e. The first-order valence-electron chi connectivity index (χ1n) is 8.77. The van der Waals surface area contributed by atoms with Gasteiger partial charge in [0.1, 0.15) is 11.3 Å². The molecular formula is C21H22N2O4. The lowest BCUT2D eigenvalue weighted by molar-refractivity contribution is -0.121. The third-order valence-corrected chi connectivity index (χ3v) is 4.51. The van der Waals surface area contributed by atoms with Gasteiger partial charge in [-0.3, -0.25) is 9.78 Å². The lowest BCUT2D eigenvalue weighted by Crippen LogP contribution is -2.24. The topological polar surface area (TPSA) is 81.4 Å². The van der Waals surface area contributed by atoms with Crippen molar-refractivity contribution >= 4 is 16.9 Å². The van der Waals surface area contributed by atoms with E-state index in [9.17, 15) is 9.59 Å². The molecule has 3 rings (SSSR count). The molecule has 2 aromatic heterocycles. The predicted molar refractivity (Wildman–Crippen MR) is 103 cm³/mol. The molecule has 1 aromatic carbocycles. The van der Waals surface area contributed by atoms with Crippen LogP contribution < -0.4 is 15.7 Å². The van der Waals surface area contributed by atoms with E-state index in [1.165, 1.54) is 0 Å². The molecule has 0 aliphatic rings. The minimum absolute atomic E-state index is 0.132. The van der Waals surface area contributed by atoms with Crippen LogP contribution in [0, 0.1) is 13.8 Å². The number of ether oxygens (including phenoxy) is 1. The van der Waals surface area contributed by atoms with Crippen LogP contribution in [-0.4, -0.2) is 18.0 Å². The Morgan fingerprint density at radius 2 is 2.04 bits per heavy atom. The van der Waals surface area contributed by atoms with Crippen LogP contribution in [0.5, 0.6) is 5.75 Å². The SMILES string of the molecule is COc1ccc2c(C)c(CCC(=O)NCc3cccc(C)n3)c(=O)oc2c1. The molecule has 6 heteroatoms. The van der Waals surface area contributed by atoms with Gasteiger partial charge in [-0.25, -0.2) is 4.79 Å². The number of amides is 1. The van der Waals surface area contributed by atoms with Crippen molar-refractivity contribution in [1.29, 1.82) is 0 Å². The molecule has 2 heterocycles. The number of pyridine rings is 1. The summed E-state index contributed by atoms with van der Waals surface area (Å²) in [6, 6.07) is 11.0. The highest BCUT2D eigenvalue weighted by Crippen LogP contribution is 2.24. The van der Waals surface area contributed by atoms with Gasteiger partial charge in [-0.05, 0) is 50.1 Å². The lowest BCUT2D eigenvalue weighted by atomic mass is 10.0. The number of hydrogen-bond donors (Lipinski definition) is 1. The van der Waals surface area contributed by atoms with Crippen molar-refractivity contribution in [3.63, 3.8) is 0 Å². The Bertz CT molecular complexity index is 1040. The van der Waals surface area contributed by atoms with Crippen molar-refractivity contribution in [2.45, 2.75) is 33.2 Å². The van der Waals surface area contributed by atoms with Gasteiger partial charge in [0, 0.05) is 29.1 Å². The number of nitrogens with one attached hydrogen (secondary N) is 1. The van der Waals surface area contributed by atoms with E-state index in [1.807, 2.05) is 44.2 Å². The molecule has 27 heavy (non-hydrogen) atoms. The van der Waals surface area contributed by atoms with Crippen LogP contribution in [-0.2, 0) is 17.8 Å². The van der Waals surface area contributed by atoms with Gasteiger partial charge in [0.25, 0.3) is 0 Å². The van der Waals surface area contributed by atoms with E-state index in [4.69, 9.17) is 9.15 Å². The van der Waals surface area contributed by atoms with Gasteiger partial charge in [-0.1, -0.05) is 6.07 Å². The van der Waals surface area contributed by atoms with Crippen molar-refractivity contribution < 1.29 is 13.9 Å². The number of hydrogen-bond acceptors (Lipinski definition) is 5. The molecule has 6 nitrogen and oxygen atoms in total. The number of aromatic nitrogens is 1. The molecule has 0 saturated heterocycles. The van der Waals surface area contributed by atoms with E-state index in [2.05, 4.69) is 10.3 Å². The van der Waals surface area contributed by atoms with Gasteiger partial charge >= 0.3 is 5.63 Å². The number of methoxy groups -OCH3 is 1. The van der Waals surface area contributed by atoms with Crippen molar-refractivity contribution in [1.82, 2.24) is 10.3 Å². The number of benzene rings is 1. The van der Waals surface area contributed by atoms with E-state index in [1.54, 1.807) is 13.2 Å². The first-order chi connectivity index (χ1) is 13.0. The lowest BCUT2D eigenvalue weighted by Gasteiger charge is -2.09. The Morgan fingerprint density at radius 1 is 1.22 bits per heavy atom. The first-order valence-corrected chi connectivity index (χ1v) is 8.77. The van der Waals surface area contributed by atoms with Crippen LogP contribution in [0.2, 0.25) is 0 Å². The van der Waals surface area contributed by atoms with E-state index < -0.39 is 5.63 Å². The Kier molecular flexibility index (Phi) is 5.54. The summed E-state index contributed by atoms with van der Waals surface area (Å²) in [6.45, 7) is 4.14. The normalized spacial score (nSPS) is 10.8. The second-order valence-corrected chi connectivity index (χ2v) is 6.40. The van der Waals surface area contributed by atoms with E-state index in [0.29, 0.717) is 29.9 Å². The second-order valence-electron chi connectivity index (χ2n) is 6.40. The molecule has 1 N–H and O–H groups in total. The van der Waals surface area contributed by atoms with E-state index in [-0.39, 0.29) is 12.3 Å². The number of carbonyl (C=O) groups is 1. The Labute approximate surface area is 157 Å². The molecule has 3 aromatic rings. The zero-order valence-corrected chi connectivity index (χ0v) is 15.7. The predicted octanol–water partition coefficient (Wildman–Crippen LogP) is 3.06. The number of carbonyl (C=O) groups excluding carboxylic acids is 1. The van der Waals surface area contributed by atoms with Crippen LogP contribution in [0.25, 0.3) is 11.0 Å². The van der Waals surface area contributed by atoms with Gasteiger partial charge in [0.15, 0.2) is 0 Å². The summed E-state index contributed by atoms with van der Waals surface area (Å²) in [5.41, 5.74) is 3.13. The molecule has 0 aliphatic heterocycles. The zero-order valence-electron chi connectivity index (χ0n) is 15.7. The molecule has 1 amide bonds. The summed E-state index contributed by atoms with van der Waals surface area (Å²) < 4.78 is 10.6. The third kappa shape index (κ3) is 4.34. The molecule has 0 atom stereocenters. The Morgan fingerprint density at radius 3 is 2.78 bits per heavy atom. The maximum Gasteiger partial charge on any atom is 0.339 e. The Balaban J connectivity index is 1.69. The van der Waals surface area contributed by atoms with Crippen LogP contribution in [0.1, 0.15) is 28.9 Å². The molecule has 0 spiro atoms. The van der Waals surface area contributed by atoms with Gasteiger partial charge in [-0.15, -0.1) is 0 Å². The summed E-state index contributed by atoms with van der Waals surface area (Å²) >= 11 is 0. The molecule has 0 fully saturated rings. The van der Waals surface area contributed by atoms with Crippen molar-refractivity contribution in [3.8, 4) is 5.75 Å². The van der Waals surface area contributed by atoms with Crippen molar-refractivity contribution in [3.05, 3.63) is 69.3 Å². The van der Waals surface area contributed by atoms with Crippen LogP contribution in [0.15, 0.2) is 45.6 Å². The summed E-state index contributed by atoms with van der Waals surface area (Å²) in [6.07, 6.45) is 0.530. The highest BCUT2D eigenvalue weighted by atomic mass is 16.5. The fraction of sp³-hybridized carbons (Fsp3) is 0.286. The Hall–Kier alpha value is -3.15. The van der Waals surface area contributed by atoms with Gasteiger partial charge in [0.2, 0.25) is 5.91 Å². The molecule has 0 unspecified atom stereocenters. The number of rotatable bonds is 6. The maximum absolute atomic E-state index is 12.3. The summed E-state index contributed by atoms with van der Waals surface area (Å²) in [5, 5.41) is 3.68. The number of nitrogens with zero attached hydrogens (tertiary/aromatic N) is 1. The number of aryl methyl sites for hydroxylation is 2. The third-order valence-electron chi connectivity index (χ3n) is 4.51. The average Bonchev–Trinajstić information content (AvgIpc) is 2.65. The minimum atomic E-state index is -0.415. The quantitative estimate of drug-likeness (QED) is 0.678. The van der Waals surface area contributed by atoms with E-state index in [0.717, 1.165) is 22.3 Å². The van der Waals surface area contributed by atoms with Gasteiger partial charge < -0.3 is 14.5 Å². The highest BCUT2D eigenvalue weighted by Gasteiger charge is 2.13. The van der Waals surface area contributed by atoms with Gasteiger partial charge in [-0.2, -0.15) is 0 Å². The standard InChI is InChI=1S/C21H22N2O4/c1-13-5-4-6-15(23-13)12-22-20(24)10-9-18-14(2)17-8-7-16(26-3)11-19(17)27-21(18)25/h4-8,11H,9-10,12H2,1-3H3,(H,22,24). The molecule has 0 radical (unpaired) electrons. The first kappa shape index (κ1) is 18.6. The summed E-state index contributed by atoms with van der Waals surface area (Å²) in [4.78, 5) is 28.8. The summed E-state index contributed by atoms with van der Waals surface area (Å²) in [7, 11) is 1.56. The molecule has 140 valence electrons. The largest absolute Gasteiger partial charge is 0.497 e. The van der Waals surface area contributed by atoms with Crippen molar-refractivity contribution in [2.75, 3.05) is 7.11 Å². The average molecular weight is 366 g/mol. The maximum atomic E-state index is 12.3. The molecule has 0 aliphatic carbocycles. The fourth-order valence-electron chi connectivity index (χ4n) is 3.00. The van der Waals surface area contributed by atoms with Crippen LogP contribution in [0.3, 0.4) is 0 Å².